The van der Waals surface area contributed by atoms with Crippen LogP contribution in [0.15, 0.2) is 36.7 Å². The van der Waals surface area contributed by atoms with Crippen molar-refractivity contribution in [1.82, 2.24) is 15.3 Å². The topological polar surface area (TPSA) is 75.2 Å². The third kappa shape index (κ3) is 3.81. The van der Waals surface area contributed by atoms with E-state index in [1.807, 2.05) is 0 Å². The van der Waals surface area contributed by atoms with Crippen LogP contribution in [-0.4, -0.2) is 35.4 Å². The molecule has 0 unspecified atom stereocenters. The Bertz CT molecular complexity index is 1230. The van der Waals surface area contributed by atoms with Gasteiger partial charge in [0.1, 0.15) is 17.3 Å². The van der Waals surface area contributed by atoms with Crippen molar-refractivity contribution in [3.63, 3.8) is 0 Å². The fraction of sp³-hybridized carbons (Fsp3) is 0.217. The zero-order chi connectivity index (χ0) is 23.0. The van der Waals surface area contributed by atoms with Crippen molar-refractivity contribution in [3.8, 4) is 0 Å². The molecule has 32 heavy (non-hydrogen) atoms. The van der Waals surface area contributed by atoms with Gasteiger partial charge < -0.3 is 5.32 Å². The first-order valence-electron chi connectivity index (χ1n) is 9.91. The normalized spacial score (nSPS) is 13.2. The Balaban J connectivity index is 1.68. The molecule has 0 fully saturated rings. The van der Waals surface area contributed by atoms with Crippen LogP contribution < -0.4 is 10.2 Å². The number of hydrogen-bond acceptors (Lipinski definition) is 4. The molecular weight excluding hydrogens is 421 g/mol. The molecule has 0 bridgehead atoms. The highest BCUT2D eigenvalue weighted by atomic mass is 19.1. The standard InChI is InChI=1S/C23H19F3N4O2/c1-12-14(7-13-3-4-19(28-10-13)22(31)27-2)8-17-16(20(12)26)5-6-30(23(17)32)21-18(25)9-15(24)11-29-21/h3-4,8-11H,5-7H2,1-2H3,(H,27,31). The van der Waals surface area contributed by atoms with Gasteiger partial charge in [0.2, 0.25) is 0 Å². The predicted molar refractivity (Wildman–Crippen MR) is 111 cm³/mol. The molecule has 2 amide bonds. The van der Waals surface area contributed by atoms with Gasteiger partial charge in [-0.05, 0) is 48.6 Å². The van der Waals surface area contributed by atoms with E-state index in [1.165, 1.54) is 13.2 Å². The largest absolute Gasteiger partial charge is 0.354 e. The van der Waals surface area contributed by atoms with Crippen LogP contribution in [0, 0.1) is 24.4 Å². The molecule has 1 aliphatic rings. The fourth-order valence-corrected chi connectivity index (χ4v) is 3.76. The minimum Gasteiger partial charge on any atom is -0.354 e. The molecule has 2 aromatic heterocycles. The van der Waals surface area contributed by atoms with Crippen LogP contribution in [0.5, 0.6) is 0 Å². The lowest BCUT2D eigenvalue weighted by atomic mass is 9.90. The lowest BCUT2D eigenvalue weighted by Crippen LogP contribution is -2.39. The van der Waals surface area contributed by atoms with E-state index in [-0.39, 0.29) is 47.9 Å². The molecule has 0 radical (unpaired) electrons. The van der Waals surface area contributed by atoms with E-state index in [0.29, 0.717) is 17.2 Å². The Hall–Kier alpha value is -3.75. The SMILES string of the molecule is CNC(=O)c1ccc(Cc2cc3c(c(F)c2C)CCN(c2ncc(F)cc2F)C3=O)cn1. The zero-order valence-corrected chi connectivity index (χ0v) is 17.4. The van der Waals surface area contributed by atoms with Crippen molar-refractivity contribution in [2.75, 3.05) is 18.5 Å². The summed E-state index contributed by atoms with van der Waals surface area (Å²) in [6.45, 7) is 1.66. The maximum atomic E-state index is 15.1. The van der Waals surface area contributed by atoms with E-state index >= 15 is 4.39 Å². The molecule has 0 spiro atoms. The summed E-state index contributed by atoms with van der Waals surface area (Å²) in [5.74, 6) is -3.50. The summed E-state index contributed by atoms with van der Waals surface area (Å²) in [5.41, 5.74) is 2.35. The molecule has 0 aliphatic carbocycles. The van der Waals surface area contributed by atoms with Gasteiger partial charge in [-0.25, -0.2) is 18.2 Å². The summed E-state index contributed by atoms with van der Waals surface area (Å²) in [6.07, 6.45) is 2.81. The Kier molecular flexibility index (Phi) is 5.65. The number of carbonyl (C=O) groups excluding carboxylic acids is 2. The van der Waals surface area contributed by atoms with Crippen LogP contribution in [0.25, 0.3) is 0 Å². The number of nitrogens with one attached hydrogen (secondary N) is 1. The van der Waals surface area contributed by atoms with Gasteiger partial charge in [0.15, 0.2) is 11.6 Å². The van der Waals surface area contributed by atoms with Gasteiger partial charge in [-0.15, -0.1) is 0 Å². The minimum absolute atomic E-state index is 0.0297. The number of benzene rings is 1. The number of halogens is 3. The Morgan fingerprint density at radius 1 is 1.16 bits per heavy atom. The summed E-state index contributed by atoms with van der Waals surface area (Å²) in [6, 6.07) is 5.52. The fourth-order valence-electron chi connectivity index (χ4n) is 3.76. The van der Waals surface area contributed by atoms with Crippen molar-refractivity contribution >= 4 is 17.6 Å². The summed E-state index contributed by atoms with van der Waals surface area (Å²) < 4.78 is 42.5. The average molecular weight is 440 g/mol. The number of amides is 2. The second kappa shape index (κ2) is 8.41. The molecule has 0 saturated heterocycles. The van der Waals surface area contributed by atoms with E-state index in [9.17, 15) is 18.4 Å². The first-order valence-corrected chi connectivity index (χ1v) is 9.91. The second-order valence-corrected chi connectivity index (χ2v) is 7.47. The zero-order valence-electron chi connectivity index (χ0n) is 17.4. The number of anilines is 1. The molecule has 4 rings (SSSR count). The smallest absolute Gasteiger partial charge is 0.269 e. The Morgan fingerprint density at radius 2 is 1.94 bits per heavy atom. The molecule has 164 valence electrons. The van der Waals surface area contributed by atoms with Gasteiger partial charge >= 0.3 is 0 Å². The van der Waals surface area contributed by atoms with Crippen LogP contribution in [-0.2, 0) is 12.8 Å². The quantitative estimate of drug-likeness (QED) is 0.675. The highest BCUT2D eigenvalue weighted by molar-refractivity contribution is 6.08. The molecular formula is C23H19F3N4O2. The highest BCUT2D eigenvalue weighted by Gasteiger charge is 2.31. The number of pyridine rings is 2. The summed E-state index contributed by atoms with van der Waals surface area (Å²) in [7, 11) is 1.50. The van der Waals surface area contributed by atoms with E-state index in [1.54, 1.807) is 25.1 Å². The molecule has 6 nitrogen and oxygen atoms in total. The molecule has 0 atom stereocenters. The van der Waals surface area contributed by atoms with Crippen LogP contribution in [0.3, 0.4) is 0 Å². The van der Waals surface area contributed by atoms with Gasteiger partial charge in [-0.1, -0.05) is 6.07 Å². The summed E-state index contributed by atoms with van der Waals surface area (Å²) >= 11 is 0. The van der Waals surface area contributed by atoms with Crippen LogP contribution in [0.4, 0.5) is 19.0 Å². The van der Waals surface area contributed by atoms with Crippen molar-refractivity contribution in [2.45, 2.75) is 19.8 Å². The van der Waals surface area contributed by atoms with E-state index in [0.717, 1.165) is 16.7 Å². The number of rotatable bonds is 4. The first-order chi connectivity index (χ1) is 15.3. The van der Waals surface area contributed by atoms with Crippen LogP contribution in [0.2, 0.25) is 0 Å². The van der Waals surface area contributed by atoms with E-state index in [4.69, 9.17) is 0 Å². The number of hydrogen-bond donors (Lipinski definition) is 1. The van der Waals surface area contributed by atoms with Gasteiger partial charge in [0.25, 0.3) is 11.8 Å². The highest BCUT2D eigenvalue weighted by Crippen LogP contribution is 2.31. The Labute approximate surface area is 182 Å². The monoisotopic (exact) mass is 440 g/mol. The van der Waals surface area contributed by atoms with Crippen molar-refractivity contribution in [3.05, 3.63) is 87.6 Å². The number of aromatic nitrogens is 2. The molecule has 1 N–H and O–H groups in total. The van der Waals surface area contributed by atoms with Crippen LogP contribution in [0.1, 0.15) is 43.1 Å². The number of carbonyl (C=O) groups is 2. The first kappa shape index (κ1) is 21.5. The van der Waals surface area contributed by atoms with Crippen molar-refractivity contribution in [1.29, 1.82) is 0 Å². The lowest BCUT2D eigenvalue weighted by molar-refractivity contribution is 0.0955. The third-order valence-electron chi connectivity index (χ3n) is 5.50. The van der Waals surface area contributed by atoms with Gasteiger partial charge in [0.05, 0.1) is 6.20 Å². The summed E-state index contributed by atoms with van der Waals surface area (Å²) in [4.78, 5) is 33.6. The Morgan fingerprint density at radius 3 is 2.59 bits per heavy atom. The van der Waals surface area contributed by atoms with E-state index < -0.39 is 23.4 Å². The average Bonchev–Trinajstić information content (AvgIpc) is 2.78. The lowest BCUT2D eigenvalue weighted by Gasteiger charge is -2.29. The van der Waals surface area contributed by atoms with Gasteiger partial charge in [-0.3, -0.25) is 19.5 Å². The van der Waals surface area contributed by atoms with Gasteiger partial charge in [-0.2, -0.15) is 0 Å². The third-order valence-corrected chi connectivity index (χ3v) is 5.50. The molecule has 1 aromatic carbocycles. The van der Waals surface area contributed by atoms with Crippen LogP contribution >= 0.6 is 0 Å². The number of nitrogens with zero attached hydrogens (tertiary/aromatic N) is 3. The van der Waals surface area contributed by atoms with Gasteiger partial charge in [0, 0.05) is 37.0 Å². The maximum absolute atomic E-state index is 15.1. The number of fused-ring (bicyclic) bond motifs is 1. The molecule has 9 heteroatoms. The van der Waals surface area contributed by atoms with Crippen molar-refractivity contribution in [2.24, 2.45) is 0 Å². The molecule has 3 aromatic rings. The molecule has 3 heterocycles. The maximum Gasteiger partial charge on any atom is 0.269 e. The minimum atomic E-state index is -0.961. The second-order valence-electron chi connectivity index (χ2n) is 7.47. The van der Waals surface area contributed by atoms with Crippen molar-refractivity contribution < 1.29 is 22.8 Å². The molecule has 1 aliphatic heterocycles. The van der Waals surface area contributed by atoms with E-state index in [2.05, 4.69) is 15.3 Å². The predicted octanol–water partition coefficient (Wildman–Crippen LogP) is 3.36. The summed E-state index contributed by atoms with van der Waals surface area (Å²) in [5, 5.41) is 2.48. The molecule has 0 saturated carbocycles.